The molecule has 0 aliphatic carbocycles. The molecule has 1 N–H and O–H groups in total. The summed E-state index contributed by atoms with van der Waals surface area (Å²) in [5.74, 6) is -3.36. The van der Waals surface area contributed by atoms with Gasteiger partial charge in [-0.15, -0.1) is 0 Å². The Morgan fingerprint density at radius 2 is 1.62 bits per heavy atom. The van der Waals surface area contributed by atoms with Crippen molar-refractivity contribution in [1.82, 2.24) is 4.57 Å². The Bertz CT molecular complexity index is 1040. The molecule has 2 aromatic carbocycles. The Labute approximate surface area is 166 Å². The van der Waals surface area contributed by atoms with Gasteiger partial charge >= 0.3 is 5.97 Å². The van der Waals surface area contributed by atoms with E-state index in [1.54, 1.807) is 13.0 Å². The highest BCUT2D eigenvalue weighted by Gasteiger charge is 2.24. The van der Waals surface area contributed by atoms with Crippen LogP contribution in [0.25, 0.3) is 5.69 Å². The zero-order valence-electron chi connectivity index (χ0n) is 16.2. The van der Waals surface area contributed by atoms with Crippen molar-refractivity contribution in [3.8, 4) is 5.69 Å². The molecule has 1 amide bonds. The van der Waals surface area contributed by atoms with E-state index in [0.29, 0.717) is 11.3 Å². The van der Waals surface area contributed by atoms with Gasteiger partial charge in [-0.1, -0.05) is 24.3 Å². The topological polar surface area (TPSA) is 60.3 Å². The highest BCUT2D eigenvalue weighted by molar-refractivity contribution is 5.98. The van der Waals surface area contributed by atoms with Gasteiger partial charge in [0.05, 0.1) is 5.56 Å². The molecule has 1 unspecified atom stereocenters. The van der Waals surface area contributed by atoms with Crippen LogP contribution < -0.4 is 5.32 Å². The van der Waals surface area contributed by atoms with Gasteiger partial charge in [-0.3, -0.25) is 4.79 Å². The summed E-state index contributed by atoms with van der Waals surface area (Å²) in [4.78, 5) is 24.8. The molecule has 0 saturated heterocycles. The van der Waals surface area contributed by atoms with E-state index < -0.39 is 35.3 Å². The number of ether oxygens (including phenoxy) is 1. The van der Waals surface area contributed by atoms with Gasteiger partial charge in [0.25, 0.3) is 5.91 Å². The Hall–Kier alpha value is -3.48. The molecule has 0 radical (unpaired) electrons. The summed E-state index contributed by atoms with van der Waals surface area (Å²) in [6.07, 6.45) is -1.25. The second-order valence-electron chi connectivity index (χ2n) is 6.59. The Balaban J connectivity index is 1.76. The lowest BCUT2D eigenvalue weighted by Gasteiger charge is -2.14. The fraction of sp³-hybridized carbons (Fsp3) is 0.182. The highest BCUT2D eigenvalue weighted by atomic mass is 19.1. The second-order valence-corrected chi connectivity index (χ2v) is 6.59. The molecule has 0 aliphatic heterocycles. The maximum absolute atomic E-state index is 13.7. The van der Waals surface area contributed by atoms with E-state index in [4.69, 9.17) is 4.74 Å². The number of nitrogens with zero attached hydrogens (tertiary/aromatic N) is 1. The van der Waals surface area contributed by atoms with Crippen molar-refractivity contribution in [2.75, 3.05) is 5.32 Å². The number of halogens is 2. The van der Waals surface area contributed by atoms with Crippen LogP contribution in [0.15, 0.2) is 54.6 Å². The fourth-order valence-corrected chi connectivity index (χ4v) is 3.06. The summed E-state index contributed by atoms with van der Waals surface area (Å²) in [5, 5.41) is 2.12. The van der Waals surface area contributed by atoms with Crippen LogP contribution in [0, 0.1) is 25.5 Å². The van der Waals surface area contributed by atoms with Crippen LogP contribution >= 0.6 is 0 Å². The van der Waals surface area contributed by atoms with Crippen molar-refractivity contribution in [3.05, 3.63) is 83.2 Å². The van der Waals surface area contributed by atoms with E-state index >= 15 is 0 Å². The quantitative estimate of drug-likeness (QED) is 0.641. The first kappa shape index (κ1) is 20.3. The third-order valence-corrected chi connectivity index (χ3v) is 4.53. The minimum absolute atomic E-state index is 0.308. The van der Waals surface area contributed by atoms with Crippen LogP contribution in [-0.2, 0) is 9.53 Å². The first-order valence-electron chi connectivity index (χ1n) is 8.99. The van der Waals surface area contributed by atoms with Crippen molar-refractivity contribution < 1.29 is 23.1 Å². The van der Waals surface area contributed by atoms with Crippen LogP contribution in [0.1, 0.15) is 28.7 Å². The molecule has 0 saturated carbocycles. The summed E-state index contributed by atoms with van der Waals surface area (Å²) >= 11 is 0. The number of hydrogen-bond acceptors (Lipinski definition) is 3. The van der Waals surface area contributed by atoms with Crippen molar-refractivity contribution in [2.45, 2.75) is 26.9 Å². The standard InChI is InChI=1S/C22H20F2N2O3/c1-13-12-17(14(2)26(13)16-8-5-4-6-9-16)22(28)29-15(3)21(27)25-20-18(23)10-7-11-19(20)24/h4-12,15H,1-3H3,(H,25,27). The molecule has 5 nitrogen and oxygen atoms in total. The normalized spacial score (nSPS) is 11.8. The predicted molar refractivity (Wildman–Crippen MR) is 105 cm³/mol. The average molecular weight is 398 g/mol. The summed E-state index contributed by atoms with van der Waals surface area (Å²) in [7, 11) is 0. The van der Waals surface area contributed by atoms with Gasteiger partial charge in [0.15, 0.2) is 6.10 Å². The molecule has 7 heteroatoms. The lowest BCUT2D eigenvalue weighted by atomic mass is 10.2. The molecule has 0 fully saturated rings. The molecule has 150 valence electrons. The summed E-state index contributed by atoms with van der Waals surface area (Å²) in [6, 6.07) is 14.4. The SMILES string of the molecule is Cc1cc(C(=O)OC(C)C(=O)Nc2c(F)cccc2F)c(C)n1-c1ccccc1. The van der Waals surface area contributed by atoms with Gasteiger partial charge in [-0.05, 0) is 51.1 Å². The van der Waals surface area contributed by atoms with Gasteiger partial charge in [0, 0.05) is 17.1 Å². The van der Waals surface area contributed by atoms with E-state index in [0.717, 1.165) is 23.5 Å². The number of aromatic nitrogens is 1. The molecule has 3 aromatic rings. The predicted octanol–water partition coefficient (Wildman–Crippen LogP) is 4.56. The van der Waals surface area contributed by atoms with E-state index in [1.807, 2.05) is 41.8 Å². The number of rotatable bonds is 5. The third kappa shape index (κ3) is 4.18. The van der Waals surface area contributed by atoms with E-state index in [2.05, 4.69) is 5.32 Å². The van der Waals surface area contributed by atoms with Gasteiger partial charge in [-0.2, -0.15) is 0 Å². The lowest BCUT2D eigenvalue weighted by molar-refractivity contribution is -0.123. The highest BCUT2D eigenvalue weighted by Crippen LogP contribution is 2.22. The summed E-state index contributed by atoms with van der Waals surface area (Å²) in [6.45, 7) is 4.96. The number of amides is 1. The van der Waals surface area contributed by atoms with E-state index in [-0.39, 0.29) is 0 Å². The Morgan fingerprint density at radius 1 is 1.00 bits per heavy atom. The first-order valence-corrected chi connectivity index (χ1v) is 8.99. The molecule has 0 spiro atoms. The molecule has 0 aliphatic rings. The number of para-hydroxylation sites is 2. The molecule has 3 rings (SSSR count). The largest absolute Gasteiger partial charge is 0.449 e. The molecule has 1 atom stereocenters. The molecule has 1 heterocycles. The van der Waals surface area contributed by atoms with E-state index in [1.165, 1.54) is 13.0 Å². The second kappa shape index (κ2) is 8.26. The number of carbonyl (C=O) groups is 2. The van der Waals surface area contributed by atoms with Crippen LogP contribution in [0.3, 0.4) is 0 Å². The van der Waals surface area contributed by atoms with Gasteiger partial charge in [-0.25, -0.2) is 13.6 Å². The number of benzene rings is 2. The zero-order valence-corrected chi connectivity index (χ0v) is 16.2. The Morgan fingerprint density at radius 3 is 2.24 bits per heavy atom. The van der Waals surface area contributed by atoms with Gasteiger partial charge in [0.1, 0.15) is 17.3 Å². The fourth-order valence-electron chi connectivity index (χ4n) is 3.06. The molecule has 0 bridgehead atoms. The smallest absolute Gasteiger partial charge is 0.340 e. The first-order chi connectivity index (χ1) is 13.8. The van der Waals surface area contributed by atoms with Crippen LogP contribution in [0.2, 0.25) is 0 Å². The van der Waals surface area contributed by atoms with Crippen molar-refractivity contribution in [3.63, 3.8) is 0 Å². The van der Waals surface area contributed by atoms with E-state index in [9.17, 15) is 18.4 Å². The number of nitrogens with one attached hydrogen (secondary N) is 1. The number of aryl methyl sites for hydroxylation is 1. The summed E-state index contributed by atoms with van der Waals surface area (Å²) in [5.41, 5.74) is 2.10. The van der Waals surface area contributed by atoms with Crippen LogP contribution in [0.4, 0.5) is 14.5 Å². The maximum Gasteiger partial charge on any atom is 0.340 e. The van der Waals surface area contributed by atoms with Crippen molar-refractivity contribution in [1.29, 1.82) is 0 Å². The number of hydrogen-bond donors (Lipinski definition) is 1. The summed E-state index contributed by atoms with van der Waals surface area (Å²) < 4.78 is 34.5. The lowest BCUT2D eigenvalue weighted by Crippen LogP contribution is -2.30. The number of esters is 1. The zero-order chi connectivity index (χ0) is 21.1. The average Bonchev–Trinajstić information content (AvgIpc) is 2.99. The monoisotopic (exact) mass is 398 g/mol. The van der Waals surface area contributed by atoms with Crippen molar-refractivity contribution >= 4 is 17.6 Å². The minimum Gasteiger partial charge on any atom is -0.449 e. The van der Waals surface area contributed by atoms with Gasteiger partial charge in [0.2, 0.25) is 0 Å². The van der Waals surface area contributed by atoms with Crippen LogP contribution in [0.5, 0.6) is 0 Å². The third-order valence-electron chi connectivity index (χ3n) is 4.53. The molecule has 29 heavy (non-hydrogen) atoms. The number of carbonyl (C=O) groups excluding carboxylic acids is 2. The number of anilines is 1. The Kier molecular flexibility index (Phi) is 5.77. The molecule has 1 aromatic heterocycles. The minimum atomic E-state index is -1.25. The molecular weight excluding hydrogens is 378 g/mol. The molecular formula is C22H20F2N2O3. The maximum atomic E-state index is 13.7. The van der Waals surface area contributed by atoms with Crippen molar-refractivity contribution in [2.24, 2.45) is 0 Å². The van der Waals surface area contributed by atoms with Gasteiger partial charge < -0.3 is 14.6 Å². The van der Waals surface area contributed by atoms with Crippen LogP contribution in [-0.4, -0.2) is 22.5 Å².